The third kappa shape index (κ3) is 4.24. The first-order chi connectivity index (χ1) is 13.8. The standard InChI is InChI=1S/C21H22ClN5O2/c1-21(10-18(28)27(20(23)26-21)12-13-5-6-13)14-3-2-4-16(9-14)25-19(29)17-8-7-15(22)11-24-17/h2-4,7-9,11,13H,5-6,10,12H2,1H3,(H2,23,26)(H,25,29)/t21-/m0/s1. The van der Waals surface area contributed by atoms with E-state index in [2.05, 4.69) is 15.3 Å². The summed E-state index contributed by atoms with van der Waals surface area (Å²) in [6, 6.07) is 10.5. The third-order valence-electron chi connectivity index (χ3n) is 5.27. The maximum Gasteiger partial charge on any atom is 0.274 e. The fourth-order valence-electron chi connectivity index (χ4n) is 3.43. The van der Waals surface area contributed by atoms with Crippen molar-refractivity contribution in [2.75, 3.05) is 11.9 Å². The summed E-state index contributed by atoms with van der Waals surface area (Å²) in [6.45, 7) is 2.53. The van der Waals surface area contributed by atoms with Crippen LogP contribution in [0.1, 0.15) is 42.2 Å². The maximum atomic E-state index is 12.7. The van der Waals surface area contributed by atoms with Crippen molar-refractivity contribution in [3.05, 3.63) is 58.9 Å². The Morgan fingerprint density at radius 3 is 2.79 bits per heavy atom. The van der Waals surface area contributed by atoms with Gasteiger partial charge in [-0.3, -0.25) is 14.5 Å². The maximum absolute atomic E-state index is 12.7. The van der Waals surface area contributed by atoms with Crippen molar-refractivity contribution >= 4 is 35.1 Å². The molecule has 2 heterocycles. The zero-order valence-electron chi connectivity index (χ0n) is 16.1. The summed E-state index contributed by atoms with van der Waals surface area (Å²) in [5, 5.41) is 3.28. The SMILES string of the molecule is C[C@@]1(c2cccc(NC(=O)c3ccc(Cl)cn3)c2)CC(=O)N(CC2CC2)C(N)=N1. The predicted octanol–water partition coefficient (Wildman–Crippen LogP) is 3.16. The summed E-state index contributed by atoms with van der Waals surface area (Å²) in [5.74, 6) is 0.432. The van der Waals surface area contributed by atoms with Gasteiger partial charge in [-0.15, -0.1) is 0 Å². The molecule has 1 fully saturated rings. The Bertz CT molecular complexity index is 987. The van der Waals surface area contributed by atoms with Crippen LogP contribution in [0.3, 0.4) is 0 Å². The number of pyridine rings is 1. The van der Waals surface area contributed by atoms with Gasteiger partial charge in [0.2, 0.25) is 5.91 Å². The number of guanidine groups is 1. The zero-order chi connectivity index (χ0) is 20.6. The number of anilines is 1. The highest BCUT2D eigenvalue weighted by atomic mass is 35.5. The number of carbonyl (C=O) groups is 2. The Balaban J connectivity index is 1.54. The van der Waals surface area contributed by atoms with Crippen molar-refractivity contribution in [2.45, 2.75) is 31.7 Å². The second-order valence-corrected chi connectivity index (χ2v) is 8.20. The fraction of sp³-hybridized carbons (Fsp3) is 0.333. The molecule has 150 valence electrons. The number of aromatic nitrogens is 1. The van der Waals surface area contributed by atoms with Crippen molar-refractivity contribution in [1.29, 1.82) is 0 Å². The van der Waals surface area contributed by atoms with E-state index in [-0.39, 0.29) is 29.9 Å². The van der Waals surface area contributed by atoms with E-state index in [1.165, 1.54) is 6.20 Å². The number of carbonyl (C=O) groups excluding carboxylic acids is 2. The lowest BCUT2D eigenvalue weighted by molar-refractivity contribution is -0.129. The molecule has 0 unspecified atom stereocenters. The summed E-state index contributed by atoms with van der Waals surface area (Å²) in [6.07, 6.45) is 3.93. The molecule has 29 heavy (non-hydrogen) atoms. The number of benzene rings is 1. The Hall–Kier alpha value is -2.93. The van der Waals surface area contributed by atoms with Crippen LogP contribution in [0.5, 0.6) is 0 Å². The first kappa shape index (κ1) is 19.4. The molecule has 0 spiro atoms. The van der Waals surface area contributed by atoms with Crippen molar-refractivity contribution in [3.8, 4) is 0 Å². The van der Waals surface area contributed by atoms with Gasteiger partial charge in [0.05, 0.1) is 17.0 Å². The first-order valence-corrected chi connectivity index (χ1v) is 9.91. The molecule has 1 atom stereocenters. The van der Waals surface area contributed by atoms with Gasteiger partial charge in [-0.05, 0) is 55.5 Å². The molecule has 2 aromatic rings. The molecule has 1 aliphatic heterocycles. The van der Waals surface area contributed by atoms with Crippen LogP contribution >= 0.6 is 11.6 Å². The average Bonchev–Trinajstić information content (AvgIpc) is 3.50. The van der Waals surface area contributed by atoms with E-state index in [1.807, 2.05) is 25.1 Å². The Kier molecular flexibility index (Phi) is 5.00. The molecule has 4 rings (SSSR count). The number of nitrogens with one attached hydrogen (secondary N) is 1. The van der Waals surface area contributed by atoms with E-state index in [9.17, 15) is 9.59 Å². The van der Waals surface area contributed by atoms with Gasteiger partial charge in [0.15, 0.2) is 5.96 Å². The highest BCUT2D eigenvalue weighted by molar-refractivity contribution is 6.30. The quantitative estimate of drug-likeness (QED) is 0.789. The van der Waals surface area contributed by atoms with E-state index in [1.54, 1.807) is 23.1 Å². The lowest BCUT2D eigenvalue weighted by Crippen LogP contribution is -2.50. The minimum absolute atomic E-state index is 0.0216. The molecule has 3 N–H and O–H groups in total. The normalized spacial score (nSPS) is 21.7. The van der Waals surface area contributed by atoms with Gasteiger partial charge in [-0.25, -0.2) is 9.98 Å². The lowest BCUT2D eigenvalue weighted by atomic mass is 9.87. The third-order valence-corrected chi connectivity index (χ3v) is 5.50. The van der Waals surface area contributed by atoms with Gasteiger partial charge in [0.25, 0.3) is 5.91 Å². The van der Waals surface area contributed by atoms with Crippen LogP contribution < -0.4 is 11.1 Å². The zero-order valence-corrected chi connectivity index (χ0v) is 16.8. The molecule has 0 radical (unpaired) electrons. The van der Waals surface area contributed by atoms with E-state index in [0.717, 1.165) is 18.4 Å². The molecule has 1 aromatic carbocycles. The molecule has 0 bridgehead atoms. The van der Waals surface area contributed by atoms with Crippen LogP contribution in [0.25, 0.3) is 0 Å². The summed E-state index contributed by atoms with van der Waals surface area (Å²) >= 11 is 5.82. The predicted molar refractivity (Wildman–Crippen MR) is 112 cm³/mol. The minimum Gasteiger partial charge on any atom is -0.369 e. The average molecular weight is 412 g/mol. The Labute approximate surface area is 174 Å². The van der Waals surface area contributed by atoms with Gasteiger partial charge in [0, 0.05) is 18.4 Å². The molecule has 1 aromatic heterocycles. The molecule has 1 aliphatic carbocycles. The lowest BCUT2D eigenvalue weighted by Gasteiger charge is -2.35. The van der Waals surface area contributed by atoms with E-state index in [4.69, 9.17) is 17.3 Å². The fourth-order valence-corrected chi connectivity index (χ4v) is 3.54. The summed E-state index contributed by atoms with van der Waals surface area (Å²) in [7, 11) is 0. The Morgan fingerprint density at radius 1 is 1.34 bits per heavy atom. The summed E-state index contributed by atoms with van der Waals surface area (Å²) in [4.78, 5) is 35.4. The number of halogens is 1. The molecule has 1 saturated carbocycles. The van der Waals surface area contributed by atoms with Gasteiger partial charge in [-0.1, -0.05) is 23.7 Å². The number of hydrogen-bond donors (Lipinski definition) is 2. The molecular formula is C21H22ClN5O2. The van der Waals surface area contributed by atoms with Crippen LogP contribution in [0.15, 0.2) is 47.6 Å². The number of rotatable bonds is 5. The van der Waals surface area contributed by atoms with Crippen molar-refractivity contribution in [2.24, 2.45) is 16.6 Å². The molecule has 7 nitrogen and oxygen atoms in total. The second kappa shape index (κ2) is 7.48. The van der Waals surface area contributed by atoms with Gasteiger partial charge >= 0.3 is 0 Å². The number of hydrogen-bond acceptors (Lipinski definition) is 5. The van der Waals surface area contributed by atoms with Crippen molar-refractivity contribution in [1.82, 2.24) is 9.88 Å². The topological polar surface area (TPSA) is 101 Å². The largest absolute Gasteiger partial charge is 0.369 e. The van der Waals surface area contributed by atoms with E-state index in [0.29, 0.717) is 23.2 Å². The van der Waals surface area contributed by atoms with Crippen molar-refractivity contribution < 1.29 is 9.59 Å². The minimum atomic E-state index is -0.777. The number of nitrogens with two attached hydrogens (primary N) is 1. The number of nitrogens with zero attached hydrogens (tertiary/aromatic N) is 3. The van der Waals surface area contributed by atoms with Gasteiger partial charge in [-0.2, -0.15) is 0 Å². The highest BCUT2D eigenvalue weighted by Gasteiger charge is 2.39. The monoisotopic (exact) mass is 411 g/mol. The smallest absolute Gasteiger partial charge is 0.274 e. The van der Waals surface area contributed by atoms with Crippen LogP contribution in [0, 0.1) is 5.92 Å². The molecule has 0 saturated heterocycles. The van der Waals surface area contributed by atoms with Crippen LogP contribution in [0.2, 0.25) is 5.02 Å². The van der Waals surface area contributed by atoms with Crippen LogP contribution in [-0.2, 0) is 10.3 Å². The molecule has 8 heteroatoms. The van der Waals surface area contributed by atoms with E-state index < -0.39 is 5.54 Å². The first-order valence-electron chi connectivity index (χ1n) is 9.53. The number of aliphatic imine (C=N–C) groups is 1. The molecule has 2 aliphatic rings. The van der Waals surface area contributed by atoms with Gasteiger partial charge in [0.1, 0.15) is 5.69 Å². The van der Waals surface area contributed by atoms with Crippen molar-refractivity contribution in [3.63, 3.8) is 0 Å². The van der Waals surface area contributed by atoms with Gasteiger partial charge < -0.3 is 11.1 Å². The van der Waals surface area contributed by atoms with Crippen LogP contribution in [0.4, 0.5) is 5.69 Å². The Morgan fingerprint density at radius 2 is 2.14 bits per heavy atom. The molecular weight excluding hydrogens is 390 g/mol. The highest BCUT2D eigenvalue weighted by Crippen LogP contribution is 2.36. The summed E-state index contributed by atoms with van der Waals surface area (Å²) in [5.41, 5.74) is 7.01. The molecule has 2 amide bonds. The summed E-state index contributed by atoms with van der Waals surface area (Å²) < 4.78 is 0. The second-order valence-electron chi connectivity index (χ2n) is 7.76. The van der Waals surface area contributed by atoms with E-state index >= 15 is 0 Å². The van der Waals surface area contributed by atoms with Crippen LogP contribution in [-0.4, -0.2) is 34.2 Å². The number of amides is 2.